The molecule has 13 rings (SSSR count). The van der Waals surface area contributed by atoms with Crippen molar-refractivity contribution in [1.82, 2.24) is 0 Å². The first-order chi connectivity index (χ1) is 33.0. The second-order valence-corrected chi connectivity index (χ2v) is 18.7. The lowest BCUT2D eigenvalue weighted by atomic mass is 9.67. The average Bonchev–Trinajstić information content (AvgIpc) is 3.87. The lowest BCUT2D eigenvalue weighted by Gasteiger charge is -2.37. The Balaban J connectivity index is 1.11. The molecule has 0 atom stereocenters. The molecule has 0 saturated carbocycles. The zero-order valence-corrected chi connectivity index (χ0v) is 37.5. The van der Waals surface area contributed by atoms with Crippen molar-refractivity contribution >= 4 is 17.1 Å². The predicted octanol–water partition coefficient (Wildman–Crippen LogP) is 16.3. The van der Waals surface area contributed by atoms with Gasteiger partial charge in [0.05, 0.1) is 16.5 Å². The van der Waals surface area contributed by atoms with Crippen LogP contribution in [-0.4, -0.2) is 0 Å². The fourth-order valence-electron chi connectivity index (χ4n) is 12.2. The maximum absolute atomic E-state index is 6.70. The number of rotatable bonds is 7. The summed E-state index contributed by atoms with van der Waals surface area (Å²) in [6, 6.07) is 92.0. The number of para-hydroxylation sites is 1. The van der Waals surface area contributed by atoms with Gasteiger partial charge in [0, 0.05) is 33.5 Å². The molecule has 318 valence electrons. The fourth-order valence-corrected chi connectivity index (χ4v) is 12.2. The molecule has 1 aliphatic heterocycles. The second-order valence-electron chi connectivity index (χ2n) is 18.7. The van der Waals surface area contributed by atoms with Gasteiger partial charge in [-0.15, -0.1) is 0 Å². The van der Waals surface area contributed by atoms with Crippen LogP contribution in [0.4, 0.5) is 17.1 Å². The summed E-state index contributed by atoms with van der Waals surface area (Å²) in [7, 11) is 0. The van der Waals surface area contributed by atoms with Crippen LogP contribution in [0.15, 0.2) is 249 Å². The molecule has 0 unspecified atom stereocenters. The van der Waals surface area contributed by atoms with Gasteiger partial charge >= 0.3 is 0 Å². The first kappa shape index (κ1) is 39.2. The molecular formula is C65H47NO. The van der Waals surface area contributed by atoms with Gasteiger partial charge in [-0.25, -0.2) is 0 Å². The van der Waals surface area contributed by atoms with Gasteiger partial charge in [-0.2, -0.15) is 0 Å². The van der Waals surface area contributed by atoms with Crippen molar-refractivity contribution < 1.29 is 4.74 Å². The molecule has 3 aliphatic rings. The van der Waals surface area contributed by atoms with Gasteiger partial charge in [-0.1, -0.05) is 220 Å². The highest BCUT2D eigenvalue weighted by atomic mass is 16.5. The Morgan fingerprint density at radius 1 is 0.313 bits per heavy atom. The van der Waals surface area contributed by atoms with Crippen molar-refractivity contribution in [3.05, 3.63) is 304 Å². The van der Waals surface area contributed by atoms with Gasteiger partial charge in [-0.05, 0) is 104 Å². The first-order valence-corrected chi connectivity index (χ1v) is 23.4. The van der Waals surface area contributed by atoms with E-state index in [1.54, 1.807) is 0 Å². The van der Waals surface area contributed by atoms with Crippen LogP contribution in [0.3, 0.4) is 0 Å². The molecule has 0 N–H and O–H groups in total. The third-order valence-electron chi connectivity index (χ3n) is 15.1. The number of ether oxygens (including phenoxy) is 1. The van der Waals surface area contributed by atoms with Gasteiger partial charge in [0.15, 0.2) is 0 Å². The van der Waals surface area contributed by atoms with E-state index in [4.69, 9.17) is 4.74 Å². The summed E-state index contributed by atoms with van der Waals surface area (Å²) in [6.07, 6.45) is 0. The van der Waals surface area contributed by atoms with E-state index in [0.29, 0.717) is 0 Å². The quantitative estimate of drug-likeness (QED) is 0.158. The lowest BCUT2D eigenvalue weighted by molar-refractivity contribution is 0.418. The van der Waals surface area contributed by atoms with E-state index < -0.39 is 10.8 Å². The zero-order valence-electron chi connectivity index (χ0n) is 37.5. The van der Waals surface area contributed by atoms with Crippen molar-refractivity contribution in [2.75, 3.05) is 4.90 Å². The van der Waals surface area contributed by atoms with Gasteiger partial charge in [-0.3, -0.25) is 0 Å². The highest BCUT2D eigenvalue weighted by molar-refractivity contribution is 5.98. The minimum Gasteiger partial charge on any atom is -0.457 e. The Kier molecular flexibility index (Phi) is 8.73. The molecule has 10 aromatic rings. The number of fused-ring (bicyclic) bond motifs is 8. The number of hydrogen-bond donors (Lipinski definition) is 0. The van der Waals surface area contributed by atoms with E-state index in [9.17, 15) is 0 Å². The Labute approximate surface area is 393 Å². The smallest absolute Gasteiger partial charge is 0.131 e. The molecule has 0 amide bonds. The van der Waals surface area contributed by atoms with E-state index in [0.717, 1.165) is 34.1 Å². The van der Waals surface area contributed by atoms with Gasteiger partial charge in [0.1, 0.15) is 11.5 Å². The average molecular weight is 858 g/mol. The highest BCUT2D eigenvalue weighted by Gasteiger charge is 2.49. The summed E-state index contributed by atoms with van der Waals surface area (Å²) in [4.78, 5) is 2.52. The molecule has 2 aliphatic carbocycles. The van der Waals surface area contributed by atoms with E-state index >= 15 is 0 Å². The van der Waals surface area contributed by atoms with Crippen LogP contribution < -0.4 is 9.64 Å². The zero-order chi connectivity index (χ0) is 44.7. The standard InChI is InChI=1S/C65H47NO/c1-63(2)56-36-18-19-39-60(56)67-61-41-40-49(43-58(61)63)66(48-29-20-28-47(42-48)65(46-26-10-5-11-27-46)53-33-15-12-30-50(53)51-31-13-16-34-54(51)65)59-38-21-37-57-62(59)52-32-14-17-35-55(52)64(57,44-22-6-3-7-23-44)45-24-8-4-9-25-45/h3-43H,1-2H3. The lowest BCUT2D eigenvalue weighted by Crippen LogP contribution is -2.29. The maximum Gasteiger partial charge on any atom is 0.131 e. The summed E-state index contributed by atoms with van der Waals surface area (Å²) in [5.74, 6) is 1.80. The molecule has 0 bridgehead atoms. The molecule has 67 heavy (non-hydrogen) atoms. The largest absolute Gasteiger partial charge is 0.457 e. The summed E-state index contributed by atoms with van der Waals surface area (Å²) in [5.41, 5.74) is 19.2. The van der Waals surface area contributed by atoms with Crippen molar-refractivity contribution in [3.63, 3.8) is 0 Å². The van der Waals surface area contributed by atoms with Gasteiger partial charge < -0.3 is 9.64 Å². The summed E-state index contributed by atoms with van der Waals surface area (Å²) >= 11 is 0. The van der Waals surface area contributed by atoms with Gasteiger partial charge in [0.25, 0.3) is 0 Å². The molecule has 0 aromatic heterocycles. The van der Waals surface area contributed by atoms with E-state index in [1.165, 1.54) is 72.3 Å². The molecule has 0 spiro atoms. The van der Waals surface area contributed by atoms with Crippen molar-refractivity contribution in [1.29, 1.82) is 0 Å². The van der Waals surface area contributed by atoms with Crippen LogP contribution in [0, 0.1) is 0 Å². The second kappa shape index (κ2) is 14.9. The van der Waals surface area contributed by atoms with Gasteiger partial charge in [0.2, 0.25) is 0 Å². The summed E-state index contributed by atoms with van der Waals surface area (Å²) in [5, 5.41) is 0. The fraction of sp³-hybridized carbons (Fsp3) is 0.0769. The maximum atomic E-state index is 6.70. The molecule has 1 heterocycles. The molecule has 0 saturated heterocycles. The van der Waals surface area contributed by atoms with E-state index in [1.807, 2.05) is 0 Å². The van der Waals surface area contributed by atoms with Crippen LogP contribution in [0.5, 0.6) is 11.5 Å². The molecular weight excluding hydrogens is 811 g/mol. The summed E-state index contributed by atoms with van der Waals surface area (Å²) in [6.45, 7) is 4.65. The van der Waals surface area contributed by atoms with Crippen molar-refractivity contribution in [2.24, 2.45) is 0 Å². The third kappa shape index (κ3) is 5.51. The first-order valence-electron chi connectivity index (χ1n) is 23.4. The summed E-state index contributed by atoms with van der Waals surface area (Å²) < 4.78 is 6.70. The Hall–Kier alpha value is -8.20. The molecule has 2 nitrogen and oxygen atoms in total. The molecule has 0 fully saturated rings. The number of hydrogen-bond acceptors (Lipinski definition) is 2. The number of nitrogens with zero attached hydrogens (tertiary/aromatic N) is 1. The minimum absolute atomic E-state index is 0.316. The Morgan fingerprint density at radius 3 is 1.36 bits per heavy atom. The Bertz CT molecular complexity index is 3450. The van der Waals surface area contributed by atoms with Crippen LogP contribution in [0.1, 0.15) is 69.5 Å². The number of benzene rings is 10. The third-order valence-corrected chi connectivity index (χ3v) is 15.1. The van der Waals surface area contributed by atoms with Crippen molar-refractivity contribution in [2.45, 2.75) is 30.1 Å². The predicted molar refractivity (Wildman–Crippen MR) is 274 cm³/mol. The highest BCUT2D eigenvalue weighted by Crippen LogP contribution is 2.61. The van der Waals surface area contributed by atoms with E-state index in [-0.39, 0.29) is 5.41 Å². The van der Waals surface area contributed by atoms with Crippen LogP contribution in [0.25, 0.3) is 22.3 Å². The van der Waals surface area contributed by atoms with Crippen LogP contribution in [-0.2, 0) is 16.2 Å². The monoisotopic (exact) mass is 857 g/mol. The molecule has 10 aromatic carbocycles. The minimum atomic E-state index is -0.563. The normalized spacial score (nSPS) is 14.9. The topological polar surface area (TPSA) is 12.5 Å². The van der Waals surface area contributed by atoms with Crippen LogP contribution >= 0.6 is 0 Å². The number of anilines is 3. The Morgan fingerprint density at radius 2 is 0.746 bits per heavy atom. The van der Waals surface area contributed by atoms with Crippen molar-refractivity contribution in [3.8, 4) is 33.8 Å². The SMILES string of the molecule is CC1(C)c2ccccc2Oc2ccc(N(c3cccc(C4(c5ccccc5)c5ccccc5-c5ccccc54)c3)c3cccc4c3-c3ccccc3C4(c3ccccc3)c3ccccc3)cc21. The molecule has 0 radical (unpaired) electrons. The van der Waals surface area contributed by atoms with Crippen LogP contribution in [0.2, 0.25) is 0 Å². The van der Waals surface area contributed by atoms with E-state index in [2.05, 4.69) is 267 Å². The molecule has 2 heteroatoms.